The van der Waals surface area contributed by atoms with E-state index >= 15 is 0 Å². The summed E-state index contributed by atoms with van der Waals surface area (Å²) in [5, 5.41) is 21.7. The Hall–Kier alpha value is -2.99. The van der Waals surface area contributed by atoms with Crippen LogP contribution in [0.1, 0.15) is 10.5 Å². The number of fused-ring (bicyclic) bond motifs is 1. The highest BCUT2D eigenvalue weighted by Crippen LogP contribution is 2.30. The number of rotatable bonds is 3. The van der Waals surface area contributed by atoms with Crippen molar-refractivity contribution in [1.29, 1.82) is 0 Å². The number of carbonyl (C=O) groups is 1. The molecule has 3 rings (SSSR count). The van der Waals surface area contributed by atoms with Gasteiger partial charge in [-0.15, -0.1) is 0 Å². The average molecular weight is 516 g/mol. The third kappa shape index (κ3) is 4.84. The van der Waals surface area contributed by atoms with Crippen molar-refractivity contribution >= 4 is 65.8 Å². The molecule has 2 aromatic carbocycles. The fraction of sp³-hybridized carbons (Fsp3) is 0.0625. The Morgan fingerprint density at radius 1 is 1.04 bits per heavy atom. The first kappa shape index (κ1) is 21.3. The van der Waals surface area contributed by atoms with Gasteiger partial charge in [0.05, 0.1) is 17.0 Å². The van der Waals surface area contributed by atoms with Gasteiger partial charge < -0.3 is 15.5 Å². The molecule has 0 saturated carbocycles. The standard InChI is InChI=1S/C10H7BrN2O4.C6H5BrN2O2/c1-17-10(14)7-3-5-2-6(11)4-8(13(15)16)9(5)12-7;7-4-1-2-5(8)6(3-4)9(10)11/h2-4,12H,1H3;1-3H,8H2. The molecule has 0 radical (unpaired) electrons. The SMILES string of the molecule is COC(=O)c1cc2cc(Br)cc([N+](=O)[O-])c2[nH]1.Nc1ccc(Br)cc1[N+](=O)[O-]. The fourth-order valence-corrected chi connectivity index (χ4v) is 3.04. The second-order valence-electron chi connectivity index (χ2n) is 5.28. The quantitative estimate of drug-likeness (QED) is 0.224. The van der Waals surface area contributed by atoms with E-state index in [2.05, 4.69) is 41.6 Å². The Labute approximate surface area is 174 Å². The number of halogens is 2. The number of benzene rings is 2. The molecule has 0 atom stereocenters. The molecule has 0 bridgehead atoms. The molecule has 0 aliphatic carbocycles. The number of nitrogen functional groups attached to an aromatic ring is 1. The van der Waals surface area contributed by atoms with Crippen LogP contribution >= 0.6 is 31.9 Å². The number of hydrogen-bond donors (Lipinski definition) is 2. The van der Waals surface area contributed by atoms with Crippen LogP contribution in [0.2, 0.25) is 0 Å². The van der Waals surface area contributed by atoms with Crippen LogP contribution in [0.25, 0.3) is 10.9 Å². The minimum absolute atomic E-state index is 0.0700. The lowest BCUT2D eigenvalue weighted by Crippen LogP contribution is -2.00. The van der Waals surface area contributed by atoms with Crippen molar-refractivity contribution in [2.24, 2.45) is 0 Å². The van der Waals surface area contributed by atoms with Crippen LogP contribution < -0.4 is 5.73 Å². The van der Waals surface area contributed by atoms with Gasteiger partial charge >= 0.3 is 5.97 Å². The maximum Gasteiger partial charge on any atom is 0.354 e. The van der Waals surface area contributed by atoms with Crippen molar-refractivity contribution in [2.75, 3.05) is 12.8 Å². The molecule has 0 amide bonds. The lowest BCUT2D eigenvalue weighted by atomic mass is 10.2. The number of hydrogen-bond acceptors (Lipinski definition) is 7. The van der Waals surface area contributed by atoms with E-state index in [1.807, 2.05) is 0 Å². The summed E-state index contributed by atoms with van der Waals surface area (Å²) in [5.74, 6) is -0.563. The molecule has 0 spiro atoms. The molecule has 0 fully saturated rings. The summed E-state index contributed by atoms with van der Waals surface area (Å²) in [5.41, 5.74) is 5.83. The van der Waals surface area contributed by atoms with Gasteiger partial charge in [-0.25, -0.2) is 4.79 Å². The zero-order valence-electron chi connectivity index (χ0n) is 14.1. The highest BCUT2D eigenvalue weighted by Gasteiger charge is 2.18. The minimum atomic E-state index is -0.563. The molecule has 3 aromatic rings. The monoisotopic (exact) mass is 514 g/mol. The number of ether oxygens (including phenoxy) is 1. The van der Waals surface area contributed by atoms with Gasteiger partial charge in [-0.1, -0.05) is 31.9 Å². The molecule has 1 aromatic heterocycles. The van der Waals surface area contributed by atoms with Gasteiger partial charge in [0.2, 0.25) is 0 Å². The molecule has 0 unspecified atom stereocenters. The number of non-ortho nitro benzene ring substituents is 1. The van der Waals surface area contributed by atoms with Gasteiger partial charge in [-0.2, -0.15) is 0 Å². The number of nitro groups is 2. The topological polar surface area (TPSA) is 154 Å². The number of nitrogens with one attached hydrogen (secondary N) is 1. The van der Waals surface area contributed by atoms with Gasteiger partial charge in [0, 0.05) is 26.5 Å². The van der Waals surface area contributed by atoms with E-state index in [0.717, 1.165) is 0 Å². The molecular weight excluding hydrogens is 504 g/mol. The Balaban J connectivity index is 0.000000221. The molecule has 0 saturated heterocycles. The maximum atomic E-state index is 11.3. The first-order chi connectivity index (χ1) is 13.1. The van der Waals surface area contributed by atoms with Crippen LogP contribution in [-0.2, 0) is 4.74 Å². The van der Waals surface area contributed by atoms with Crippen molar-refractivity contribution in [2.45, 2.75) is 0 Å². The van der Waals surface area contributed by atoms with E-state index in [-0.39, 0.29) is 22.8 Å². The summed E-state index contributed by atoms with van der Waals surface area (Å²) in [7, 11) is 1.25. The van der Waals surface area contributed by atoms with E-state index in [4.69, 9.17) is 5.73 Å². The first-order valence-corrected chi connectivity index (χ1v) is 8.97. The number of aromatic nitrogens is 1. The first-order valence-electron chi connectivity index (χ1n) is 7.38. The predicted molar refractivity (Wildman–Crippen MR) is 109 cm³/mol. The molecule has 3 N–H and O–H groups in total. The summed E-state index contributed by atoms with van der Waals surface area (Å²) in [4.78, 5) is 34.1. The van der Waals surface area contributed by atoms with Crippen molar-refractivity contribution in [3.05, 3.63) is 71.3 Å². The van der Waals surface area contributed by atoms with E-state index < -0.39 is 15.8 Å². The highest BCUT2D eigenvalue weighted by atomic mass is 79.9. The number of nitrogens with zero attached hydrogens (tertiary/aromatic N) is 2. The Morgan fingerprint density at radius 3 is 2.18 bits per heavy atom. The Morgan fingerprint density at radius 2 is 1.64 bits per heavy atom. The summed E-state index contributed by atoms with van der Waals surface area (Å²) in [6, 6.07) is 9.09. The van der Waals surface area contributed by atoms with Crippen molar-refractivity contribution in [3.8, 4) is 0 Å². The fourth-order valence-electron chi connectivity index (χ4n) is 2.23. The lowest BCUT2D eigenvalue weighted by molar-refractivity contribution is -0.384. The molecule has 0 aliphatic heterocycles. The van der Waals surface area contributed by atoms with Gasteiger partial charge in [0.1, 0.15) is 16.9 Å². The van der Waals surface area contributed by atoms with Gasteiger partial charge in [-0.05, 0) is 24.3 Å². The zero-order chi connectivity index (χ0) is 21.0. The number of anilines is 1. The van der Waals surface area contributed by atoms with Crippen LogP contribution in [0.5, 0.6) is 0 Å². The van der Waals surface area contributed by atoms with Gasteiger partial charge in [0.15, 0.2) is 0 Å². The van der Waals surface area contributed by atoms with Crippen molar-refractivity contribution in [1.82, 2.24) is 4.98 Å². The van der Waals surface area contributed by atoms with Crippen LogP contribution in [0.4, 0.5) is 17.1 Å². The highest BCUT2D eigenvalue weighted by molar-refractivity contribution is 9.10. The third-order valence-corrected chi connectivity index (χ3v) is 4.41. The number of H-pyrrole nitrogens is 1. The van der Waals surface area contributed by atoms with Gasteiger partial charge in [-0.3, -0.25) is 20.2 Å². The minimum Gasteiger partial charge on any atom is -0.464 e. The normalized spacial score (nSPS) is 10.1. The average Bonchev–Trinajstić information content (AvgIpc) is 3.06. The van der Waals surface area contributed by atoms with Crippen LogP contribution in [0.15, 0.2) is 45.3 Å². The Kier molecular flexibility index (Phi) is 6.70. The summed E-state index contributed by atoms with van der Waals surface area (Å²) in [6.07, 6.45) is 0. The maximum absolute atomic E-state index is 11.3. The number of nitro benzene ring substituents is 2. The van der Waals surface area contributed by atoms with Crippen LogP contribution in [0.3, 0.4) is 0 Å². The second kappa shape index (κ2) is 8.80. The molecule has 0 aliphatic rings. The molecule has 12 heteroatoms. The van der Waals surface area contributed by atoms with E-state index in [9.17, 15) is 25.0 Å². The molecule has 1 heterocycles. The predicted octanol–water partition coefficient (Wildman–Crippen LogP) is 4.56. The largest absolute Gasteiger partial charge is 0.464 e. The third-order valence-electron chi connectivity index (χ3n) is 3.46. The van der Waals surface area contributed by atoms with E-state index in [0.29, 0.717) is 19.8 Å². The summed E-state index contributed by atoms with van der Waals surface area (Å²) in [6.45, 7) is 0. The number of aromatic amines is 1. The van der Waals surface area contributed by atoms with Crippen LogP contribution in [0, 0.1) is 20.2 Å². The molecule has 146 valence electrons. The molecule has 28 heavy (non-hydrogen) atoms. The summed E-state index contributed by atoms with van der Waals surface area (Å²) < 4.78 is 5.77. The van der Waals surface area contributed by atoms with Crippen LogP contribution in [-0.4, -0.2) is 27.9 Å². The van der Waals surface area contributed by atoms with E-state index in [1.165, 1.54) is 31.4 Å². The molecular formula is C16H12Br2N4O6. The zero-order valence-corrected chi connectivity index (χ0v) is 17.3. The van der Waals surface area contributed by atoms with E-state index in [1.54, 1.807) is 12.1 Å². The van der Waals surface area contributed by atoms with Crippen molar-refractivity contribution < 1.29 is 19.4 Å². The number of nitrogens with two attached hydrogens (primary N) is 1. The summed E-state index contributed by atoms with van der Waals surface area (Å²) >= 11 is 6.29. The Bertz CT molecular complexity index is 1080. The number of methoxy groups -OCH3 is 1. The molecule has 10 nitrogen and oxygen atoms in total. The second-order valence-corrected chi connectivity index (χ2v) is 7.11. The van der Waals surface area contributed by atoms with Crippen molar-refractivity contribution in [3.63, 3.8) is 0 Å². The lowest BCUT2D eigenvalue weighted by Gasteiger charge is -1.95. The van der Waals surface area contributed by atoms with Gasteiger partial charge in [0.25, 0.3) is 11.4 Å². The number of esters is 1. The smallest absolute Gasteiger partial charge is 0.354 e. The number of carbonyl (C=O) groups excluding carboxylic acids is 1.